The van der Waals surface area contributed by atoms with Crippen LogP contribution in [0.25, 0.3) is 17.4 Å². The van der Waals surface area contributed by atoms with Crippen molar-refractivity contribution in [3.8, 4) is 11.3 Å². The first-order chi connectivity index (χ1) is 12.4. The topological polar surface area (TPSA) is 93.7 Å². The maximum atomic E-state index is 12.2. The molecule has 2 aromatic rings. The molecule has 0 bridgehead atoms. The van der Waals surface area contributed by atoms with Crippen LogP contribution in [0.15, 0.2) is 52.3 Å². The summed E-state index contributed by atoms with van der Waals surface area (Å²) >= 11 is 0.831. The van der Waals surface area contributed by atoms with Crippen LogP contribution in [0.5, 0.6) is 0 Å². The van der Waals surface area contributed by atoms with Gasteiger partial charge in [0.15, 0.2) is 0 Å². The molecule has 1 aromatic heterocycles. The summed E-state index contributed by atoms with van der Waals surface area (Å²) in [4.78, 5) is 36.0. The Labute approximate surface area is 153 Å². The molecule has 0 saturated carbocycles. The average Bonchev–Trinajstić information content (AvgIpc) is 3.16. The fraction of sp³-hybridized carbons (Fsp3) is 0.111. The van der Waals surface area contributed by atoms with Crippen molar-refractivity contribution >= 4 is 34.7 Å². The van der Waals surface area contributed by atoms with Crippen LogP contribution in [-0.4, -0.2) is 27.5 Å². The molecule has 0 unspecified atom stereocenters. The van der Waals surface area contributed by atoms with E-state index in [1.54, 1.807) is 31.2 Å². The highest BCUT2D eigenvalue weighted by Crippen LogP contribution is 2.34. The van der Waals surface area contributed by atoms with E-state index in [0.717, 1.165) is 16.7 Å². The Bertz CT molecular complexity index is 960. The SMILES string of the molecule is C=CCN1C(=O)SC(=Cc2ccc(-c3ccc(C)c([N+](=O)[O-])c3)o2)C1=O. The van der Waals surface area contributed by atoms with Gasteiger partial charge in [0.25, 0.3) is 16.8 Å². The van der Waals surface area contributed by atoms with E-state index in [1.165, 1.54) is 18.2 Å². The van der Waals surface area contributed by atoms with Crippen LogP contribution < -0.4 is 0 Å². The summed E-state index contributed by atoms with van der Waals surface area (Å²) in [5, 5.41) is 10.7. The van der Waals surface area contributed by atoms with E-state index in [1.807, 2.05) is 0 Å². The molecule has 1 aliphatic heterocycles. The summed E-state index contributed by atoms with van der Waals surface area (Å²) in [6, 6.07) is 8.12. The van der Waals surface area contributed by atoms with Gasteiger partial charge in [0.05, 0.1) is 9.83 Å². The number of nitro groups is 1. The Morgan fingerprint density at radius 3 is 2.77 bits per heavy atom. The number of thioether (sulfide) groups is 1. The van der Waals surface area contributed by atoms with Crippen molar-refractivity contribution in [2.75, 3.05) is 6.54 Å². The third kappa shape index (κ3) is 3.31. The van der Waals surface area contributed by atoms with Gasteiger partial charge in [-0.1, -0.05) is 18.2 Å². The lowest BCUT2D eigenvalue weighted by Crippen LogP contribution is -2.27. The smallest absolute Gasteiger partial charge is 0.293 e. The maximum Gasteiger partial charge on any atom is 0.293 e. The van der Waals surface area contributed by atoms with E-state index < -0.39 is 10.8 Å². The van der Waals surface area contributed by atoms with Gasteiger partial charge in [0.2, 0.25) is 0 Å². The summed E-state index contributed by atoms with van der Waals surface area (Å²) in [6.45, 7) is 5.34. The molecule has 0 atom stereocenters. The number of hydrogen-bond donors (Lipinski definition) is 0. The van der Waals surface area contributed by atoms with Crippen LogP contribution in [0.3, 0.4) is 0 Å². The van der Waals surface area contributed by atoms with Gasteiger partial charge in [-0.2, -0.15) is 0 Å². The van der Waals surface area contributed by atoms with E-state index in [0.29, 0.717) is 22.6 Å². The lowest BCUT2D eigenvalue weighted by Gasteiger charge is -2.07. The van der Waals surface area contributed by atoms with Gasteiger partial charge >= 0.3 is 0 Å². The van der Waals surface area contributed by atoms with Crippen LogP contribution in [0, 0.1) is 17.0 Å². The van der Waals surface area contributed by atoms with Gasteiger partial charge < -0.3 is 4.42 Å². The third-order valence-corrected chi connectivity index (χ3v) is 4.68. The molecule has 0 aliphatic carbocycles. The molecule has 7 nitrogen and oxygen atoms in total. The Kier molecular flexibility index (Phi) is 4.77. The van der Waals surface area contributed by atoms with E-state index in [9.17, 15) is 19.7 Å². The zero-order valence-electron chi connectivity index (χ0n) is 13.8. The summed E-state index contributed by atoms with van der Waals surface area (Å²) < 4.78 is 5.67. The molecule has 0 radical (unpaired) electrons. The molecule has 132 valence electrons. The number of nitro benzene ring substituents is 1. The summed E-state index contributed by atoms with van der Waals surface area (Å²) in [6.07, 6.45) is 2.97. The van der Waals surface area contributed by atoms with Gasteiger partial charge in [-0.25, -0.2) is 0 Å². The number of carbonyl (C=O) groups is 2. The minimum absolute atomic E-state index is 0.00555. The van der Waals surface area contributed by atoms with Crippen molar-refractivity contribution in [1.82, 2.24) is 4.90 Å². The van der Waals surface area contributed by atoms with E-state index in [-0.39, 0.29) is 22.4 Å². The Morgan fingerprint density at radius 1 is 1.31 bits per heavy atom. The first-order valence-electron chi connectivity index (χ1n) is 7.62. The highest BCUT2D eigenvalue weighted by atomic mass is 32.2. The first-order valence-corrected chi connectivity index (χ1v) is 8.44. The zero-order chi connectivity index (χ0) is 18.8. The average molecular weight is 370 g/mol. The van der Waals surface area contributed by atoms with Crippen LogP contribution in [0.1, 0.15) is 11.3 Å². The molecule has 1 saturated heterocycles. The number of aryl methyl sites for hydroxylation is 1. The number of hydrogen-bond acceptors (Lipinski definition) is 6. The second-order valence-electron chi connectivity index (χ2n) is 5.54. The fourth-order valence-electron chi connectivity index (χ4n) is 2.46. The molecule has 2 heterocycles. The second kappa shape index (κ2) is 7.01. The number of imide groups is 1. The molecule has 8 heteroatoms. The fourth-order valence-corrected chi connectivity index (χ4v) is 3.29. The Hall–Kier alpha value is -3.13. The molecule has 2 amide bonds. The minimum Gasteiger partial charge on any atom is -0.457 e. The number of benzene rings is 1. The number of furan rings is 1. The van der Waals surface area contributed by atoms with Crippen LogP contribution >= 0.6 is 11.8 Å². The standard InChI is InChI=1S/C18H14N2O5S/c1-3-8-19-17(21)16(26-18(19)22)10-13-6-7-15(25-13)12-5-4-11(2)14(9-12)20(23)24/h3-7,9-10H,1,8H2,2H3. The van der Waals surface area contributed by atoms with E-state index in [2.05, 4.69) is 6.58 Å². The number of carbonyl (C=O) groups excluding carboxylic acids is 2. The van der Waals surface area contributed by atoms with Gasteiger partial charge in [-0.05, 0) is 30.8 Å². The zero-order valence-corrected chi connectivity index (χ0v) is 14.6. The van der Waals surface area contributed by atoms with Crippen molar-refractivity contribution in [2.24, 2.45) is 0 Å². The minimum atomic E-state index is -0.446. The van der Waals surface area contributed by atoms with E-state index in [4.69, 9.17) is 4.42 Å². The van der Waals surface area contributed by atoms with Crippen LogP contribution in [-0.2, 0) is 4.79 Å². The second-order valence-corrected chi connectivity index (χ2v) is 6.53. The Balaban J connectivity index is 1.88. The maximum absolute atomic E-state index is 12.2. The normalized spacial score (nSPS) is 15.7. The van der Waals surface area contributed by atoms with Crippen LogP contribution in [0.2, 0.25) is 0 Å². The van der Waals surface area contributed by atoms with Crippen molar-refractivity contribution in [1.29, 1.82) is 0 Å². The van der Waals surface area contributed by atoms with Crippen molar-refractivity contribution in [3.05, 3.63) is 69.3 Å². The lowest BCUT2D eigenvalue weighted by molar-refractivity contribution is -0.385. The van der Waals surface area contributed by atoms with Crippen molar-refractivity contribution < 1.29 is 18.9 Å². The van der Waals surface area contributed by atoms with Gasteiger partial charge in [-0.3, -0.25) is 24.6 Å². The predicted molar refractivity (Wildman–Crippen MR) is 98.4 cm³/mol. The number of amides is 2. The molecule has 1 aromatic carbocycles. The monoisotopic (exact) mass is 370 g/mol. The Morgan fingerprint density at radius 2 is 2.08 bits per heavy atom. The van der Waals surface area contributed by atoms with Crippen molar-refractivity contribution in [2.45, 2.75) is 6.92 Å². The summed E-state index contributed by atoms with van der Waals surface area (Å²) in [5.74, 6) is 0.417. The molecular weight excluding hydrogens is 356 g/mol. The van der Waals surface area contributed by atoms with E-state index >= 15 is 0 Å². The molecule has 3 rings (SSSR count). The first kappa shape index (κ1) is 17.7. The molecule has 1 fully saturated rings. The molecule has 26 heavy (non-hydrogen) atoms. The molecule has 1 aliphatic rings. The lowest BCUT2D eigenvalue weighted by atomic mass is 10.1. The summed E-state index contributed by atoms with van der Waals surface area (Å²) in [7, 11) is 0. The van der Waals surface area contributed by atoms with Crippen molar-refractivity contribution in [3.63, 3.8) is 0 Å². The molecule has 0 spiro atoms. The van der Waals surface area contributed by atoms with Crippen LogP contribution in [0.4, 0.5) is 10.5 Å². The van der Waals surface area contributed by atoms with Gasteiger partial charge in [-0.15, -0.1) is 6.58 Å². The van der Waals surface area contributed by atoms with Gasteiger partial charge in [0.1, 0.15) is 11.5 Å². The highest BCUT2D eigenvalue weighted by Gasteiger charge is 2.34. The molecule has 0 N–H and O–H groups in total. The van der Waals surface area contributed by atoms with Gasteiger partial charge in [0, 0.05) is 29.8 Å². The highest BCUT2D eigenvalue weighted by molar-refractivity contribution is 8.18. The molecular formula is C18H14N2O5S. The largest absolute Gasteiger partial charge is 0.457 e. The number of nitrogens with zero attached hydrogens (tertiary/aromatic N) is 2. The predicted octanol–water partition coefficient (Wildman–Crippen LogP) is 4.39. The quantitative estimate of drug-likeness (QED) is 0.335. The summed E-state index contributed by atoms with van der Waals surface area (Å²) in [5.41, 5.74) is 1.12. The number of rotatable bonds is 5. The third-order valence-electron chi connectivity index (χ3n) is 3.78.